The van der Waals surface area contributed by atoms with Crippen LogP contribution < -0.4 is 5.56 Å². The van der Waals surface area contributed by atoms with Gasteiger partial charge >= 0.3 is 5.97 Å². The van der Waals surface area contributed by atoms with Gasteiger partial charge in [0.25, 0.3) is 5.56 Å². The van der Waals surface area contributed by atoms with Crippen LogP contribution >= 0.6 is 11.6 Å². The van der Waals surface area contributed by atoms with Crippen molar-refractivity contribution in [2.75, 3.05) is 0 Å². The summed E-state index contributed by atoms with van der Waals surface area (Å²) < 4.78 is 1.30. The summed E-state index contributed by atoms with van der Waals surface area (Å²) >= 11 is 5.93. The van der Waals surface area contributed by atoms with Crippen LogP contribution in [0, 0.1) is 0 Å². The van der Waals surface area contributed by atoms with Gasteiger partial charge in [0.1, 0.15) is 5.56 Å². The molecule has 0 spiro atoms. The van der Waals surface area contributed by atoms with Gasteiger partial charge in [-0.25, -0.2) is 4.79 Å². The van der Waals surface area contributed by atoms with Gasteiger partial charge in [-0.05, 0) is 23.8 Å². The third kappa shape index (κ3) is 2.41. The summed E-state index contributed by atoms with van der Waals surface area (Å²) in [6.45, 7) is 0.210. The molecule has 2 aromatic rings. The molecule has 0 saturated carbocycles. The quantitative estimate of drug-likeness (QED) is 0.915. The maximum atomic E-state index is 11.8. The highest BCUT2D eigenvalue weighted by Crippen LogP contribution is 2.13. The van der Waals surface area contributed by atoms with E-state index in [4.69, 9.17) is 16.7 Å². The minimum absolute atomic E-state index is 0.210. The van der Waals surface area contributed by atoms with E-state index in [0.29, 0.717) is 10.6 Å². The average molecular weight is 265 g/mol. The Labute approximate surface area is 107 Å². The molecule has 18 heavy (non-hydrogen) atoms. The maximum Gasteiger partial charge on any atom is 0.341 e. The van der Waals surface area contributed by atoms with Crippen LogP contribution in [0.3, 0.4) is 0 Å². The molecular weight excluding hydrogens is 256 g/mol. The summed E-state index contributed by atoms with van der Waals surface area (Å²) in [5.41, 5.74) is -0.114. The molecule has 1 N–H and O–H groups in total. The Hall–Kier alpha value is -2.14. The summed E-state index contributed by atoms with van der Waals surface area (Å²) in [6, 6.07) is 4.47. The van der Waals surface area contributed by atoms with E-state index in [-0.39, 0.29) is 12.1 Å². The van der Waals surface area contributed by atoms with Gasteiger partial charge < -0.3 is 9.67 Å². The lowest BCUT2D eigenvalue weighted by Gasteiger charge is -2.07. The first-order valence-corrected chi connectivity index (χ1v) is 5.48. The molecule has 0 fully saturated rings. The lowest BCUT2D eigenvalue weighted by Crippen LogP contribution is -2.26. The number of carboxylic acid groups (broad SMARTS) is 1. The first kappa shape index (κ1) is 12.3. The van der Waals surface area contributed by atoms with Gasteiger partial charge in [-0.2, -0.15) is 0 Å². The summed E-state index contributed by atoms with van der Waals surface area (Å²) in [6.07, 6.45) is 4.56. The molecule has 0 aromatic carbocycles. The Morgan fingerprint density at radius 2 is 2.22 bits per heavy atom. The Kier molecular flexibility index (Phi) is 3.43. The molecule has 92 valence electrons. The molecule has 0 radical (unpaired) electrons. The average Bonchev–Trinajstić information content (AvgIpc) is 2.34. The summed E-state index contributed by atoms with van der Waals surface area (Å²) in [5, 5.41) is 9.30. The molecule has 2 aromatic heterocycles. The molecule has 2 heterocycles. The Morgan fingerprint density at radius 1 is 1.44 bits per heavy atom. The second-order valence-corrected chi connectivity index (χ2v) is 4.03. The van der Waals surface area contributed by atoms with E-state index in [1.165, 1.54) is 29.1 Å². The lowest BCUT2D eigenvalue weighted by molar-refractivity contribution is 0.0694. The Balaban J connectivity index is 2.42. The highest BCUT2D eigenvalue weighted by Gasteiger charge is 2.10. The molecule has 5 nitrogen and oxygen atoms in total. The maximum absolute atomic E-state index is 11.8. The second kappa shape index (κ2) is 5.01. The standard InChI is InChI=1S/C12H9ClN2O3/c13-10-6-14-4-3-8(10)7-15-5-1-2-9(11(15)16)12(17)18/h1-6H,7H2,(H,17,18). The van der Waals surface area contributed by atoms with E-state index in [1.54, 1.807) is 12.3 Å². The number of nitrogens with zero attached hydrogens (tertiary/aromatic N) is 2. The first-order chi connectivity index (χ1) is 8.59. The van der Waals surface area contributed by atoms with Crippen molar-refractivity contribution in [3.05, 3.63) is 63.3 Å². The van der Waals surface area contributed by atoms with Gasteiger partial charge in [0.05, 0.1) is 11.6 Å². The fourth-order valence-corrected chi connectivity index (χ4v) is 1.72. The molecule has 0 aliphatic heterocycles. The largest absolute Gasteiger partial charge is 0.477 e. The predicted molar refractivity (Wildman–Crippen MR) is 66.0 cm³/mol. The minimum Gasteiger partial charge on any atom is -0.477 e. The zero-order valence-electron chi connectivity index (χ0n) is 9.21. The number of carbonyl (C=O) groups is 1. The van der Waals surface area contributed by atoms with Crippen LogP contribution in [0.5, 0.6) is 0 Å². The van der Waals surface area contributed by atoms with Crippen LogP contribution in [0.15, 0.2) is 41.6 Å². The van der Waals surface area contributed by atoms with Crippen molar-refractivity contribution in [1.82, 2.24) is 9.55 Å². The summed E-state index contributed by atoms with van der Waals surface area (Å²) in [7, 11) is 0. The van der Waals surface area contributed by atoms with Crippen LogP contribution in [0.4, 0.5) is 0 Å². The van der Waals surface area contributed by atoms with Crippen molar-refractivity contribution in [3.8, 4) is 0 Å². The number of pyridine rings is 2. The molecule has 2 rings (SSSR count). The monoisotopic (exact) mass is 264 g/mol. The molecule has 0 saturated heterocycles. The van der Waals surface area contributed by atoms with Gasteiger partial charge in [0.15, 0.2) is 0 Å². The van der Waals surface area contributed by atoms with Crippen molar-refractivity contribution in [2.45, 2.75) is 6.54 Å². The number of aromatic nitrogens is 2. The molecule has 0 atom stereocenters. The van der Waals surface area contributed by atoms with Gasteiger partial charge in [0, 0.05) is 18.6 Å². The van der Waals surface area contributed by atoms with E-state index in [2.05, 4.69) is 4.98 Å². The zero-order chi connectivity index (χ0) is 13.1. The normalized spacial score (nSPS) is 10.3. The topological polar surface area (TPSA) is 72.2 Å². The molecule has 0 aliphatic rings. The predicted octanol–water partition coefficient (Wildman–Crippen LogP) is 1.64. The van der Waals surface area contributed by atoms with Crippen LogP contribution in [-0.4, -0.2) is 20.6 Å². The molecule has 0 unspecified atom stereocenters. The van der Waals surface area contributed by atoms with Crippen molar-refractivity contribution in [2.24, 2.45) is 0 Å². The van der Waals surface area contributed by atoms with Crippen molar-refractivity contribution in [3.63, 3.8) is 0 Å². The molecule has 0 aliphatic carbocycles. The molecular formula is C12H9ClN2O3. The van der Waals surface area contributed by atoms with Crippen LogP contribution in [0.2, 0.25) is 5.02 Å². The number of hydrogen-bond acceptors (Lipinski definition) is 3. The van der Waals surface area contributed by atoms with Crippen LogP contribution in [0.25, 0.3) is 0 Å². The summed E-state index contributed by atoms with van der Waals surface area (Å²) in [5.74, 6) is -1.24. The number of aromatic carboxylic acids is 1. The minimum atomic E-state index is -1.24. The van der Waals surface area contributed by atoms with Crippen molar-refractivity contribution in [1.29, 1.82) is 0 Å². The van der Waals surface area contributed by atoms with Crippen molar-refractivity contribution >= 4 is 17.6 Å². The number of hydrogen-bond donors (Lipinski definition) is 1. The highest BCUT2D eigenvalue weighted by molar-refractivity contribution is 6.31. The van der Waals surface area contributed by atoms with Crippen molar-refractivity contribution < 1.29 is 9.90 Å². The fraction of sp³-hybridized carbons (Fsp3) is 0.0833. The lowest BCUT2D eigenvalue weighted by atomic mass is 10.2. The van der Waals surface area contributed by atoms with Gasteiger partial charge in [0.2, 0.25) is 0 Å². The van der Waals surface area contributed by atoms with E-state index < -0.39 is 11.5 Å². The number of carboxylic acids is 1. The fourth-order valence-electron chi connectivity index (χ4n) is 1.54. The first-order valence-electron chi connectivity index (χ1n) is 5.10. The number of rotatable bonds is 3. The smallest absolute Gasteiger partial charge is 0.341 e. The molecule has 6 heteroatoms. The Morgan fingerprint density at radius 3 is 2.89 bits per heavy atom. The van der Waals surface area contributed by atoms with Gasteiger partial charge in [-0.3, -0.25) is 9.78 Å². The van der Waals surface area contributed by atoms with E-state index in [0.717, 1.165) is 0 Å². The van der Waals surface area contributed by atoms with Crippen LogP contribution in [0.1, 0.15) is 15.9 Å². The summed E-state index contributed by atoms with van der Waals surface area (Å²) in [4.78, 5) is 26.5. The van der Waals surface area contributed by atoms with E-state index >= 15 is 0 Å². The van der Waals surface area contributed by atoms with Gasteiger partial charge in [-0.15, -0.1) is 0 Å². The third-order valence-corrected chi connectivity index (χ3v) is 2.79. The van der Waals surface area contributed by atoms with E-state index in [1.807, 2.05) is 0 Å². The van der Waals surface area contributed by atoms with Crippen LogP contribution in [-0.2, 0) is 6.54 Å². The molecule has 0 bridgehead atoms. The van der Waals surface area contributed by atoms with Gasteiger partial charge in [-0.1, -0.05) is 11.6 Å². The second-order valence-electron chi connectivity index (χ2n) is 3.63. The SMILES string of the molecule is O=C(O)c1cccn(Cc2ccncc2Cl)c1=O. The van der Waals surface area contributed by atoms with E-state index in [9.17, 15) is 9.59 Å². The highest BCUT2D eigenvalue weighted by atomic mass is 35.5. The molecule has 0 amide bonds. The third-order valence-electron chi connectivity index (χ3n) is 2.45. The Bertz CT molecular complexity index is 652. The zero-order valence-corrected chi connectivity index (χ0v) is 9.96. The number of halogens is 1.